The van der Waals surface area contributed by atoms with Gasteiger partial charge in [-0.15, -0.1) is 0 Å². The molecule has 27 heavy (non-hydrogen) atoms. The highest BCUT2D eigenvalue weighted by Crippen LogP contribution is 2.50. The molecule has 2 bridgehead atoms. The van der Waals surface area contributed by atoms with E-state index >= 15 is 0 Å². The van der Waals surface area contributed by atoms with E-state index in [-0.39, 0.29) is 0 Å². The minimum atomic E-state index is 0.374. The second-order valence-corrected chi connectivity index (χ2v) is 7.87. The number of nitrogens with zero attached hydrogens (tertiary/aromatic N) is 4. The maximum Gasteiger partial charge on any atom is 0.234 e. The molecule has 136 valence electrons. The summed E-state index contributed by atoms with van der Waals surface area (Å²) in [5, 5.41) is 1.14. The average molecular weight is 359 g/mol. The summed E-state index contributed by atoms with van der Waals surface area (Å²) in [6, 6.07) is 8.56. The minimum Gasteiger partial charge on any atom is -0.383 e. The first-order valence-corrected chi connectivity index (χ1v) is 9.59. The fraction of sp³-hybridized carbons (Fsp3) is 0.350. The van der Waals surface area contributed by atoms with Gasteiger partial charge in [0.15, 0.2) is 5.65 Å². The number of nitrogens with one attached hydrogen (secondary N) is 2. The van der Waals surface area contributed by atoms with Crippen LogP contribution < -0.4 is 11.4 Å². The molecule has 2 aliphatic rings. The number of benzene rings is 1. The third-order valence-corrected chi connectivity index (χ3v) is 6.35. The smallest absolute Gasteiger partial charge is 0.234 e. The van der Waals surface area contributed by atoms with E-state index in [1.165, 1.54) is 25.7 Å². The number of imidazole rings is 1. The molecule has 7 nitrogen and oxygen atoms in total. The molecule has 2 fully saturated rings. The lowest BCUT2D eigenvalue weighted by atomic mass is 9.95. The Morgan fingerprint density at radius 2 is 2.11 bits per heavy atom. The van der Waals surface area contributed by atoms with Crippen LogP contribution in [0.25, 0.3) is 22.1 Å². The van der Waals surface area contributed by atoms with Crippen molar-refractivity contribution in [3.05, 3.63) is 42.4 Å². The Kier molecular flexibility index (Phi) is 3.03. The van der Waals surface area contributed by atoms with Gasteiger partial charge >= 0.3 is 0 Å². The van der Waals surface area contributed by atoms with Crippen LogP contribution in [0.4, 0.5) is 11.5 Å². The molecular formula is C20H21N7. The number of fused-ring (bicyclic) bond motifs is 4. The van der Waals surface area contributed by atoms with E-state index in [1.54, 1.807) is 6.33 Å². The largest absolute Gasteiger partial charge is 0.383 e. The van der Waals surface area contributed by atoms with Gasteiger partial charge in [-0.25, -0.2) is 9.98 Å². The summed E-state index contributed by atoms with van der Waals surface area (Å²) in [4.78, 5) is 20.3. The van der Waals surface area contributed by atoms with E-state index in [4.69, 9.17) is 15.7 Å². The predicted octanol–water partition coefficient (Wildman–Crippen LogP) is 3.42. The summed E-state index contributed by atoms with van der Waals surface area (Å²) in [6.07, 6.45) is 8.67. The zero-order valence-corrected chi connectivity index (χ0v) is 14.9. The molecular weight excluding hydrogens is 338 g/mol. The van der Waals surface area contributed by atoms with Crippen LogP contribution >= 0.6 is 0 Å². The molecule has 0 amide bonds. The van der Waals surface area contributed by atoms with E-state index < -0.39 is 0 Å². The van der Waals surface area contributed by atoms with E-state index in [0.717, 1.165) is 28.0 Å². The van der Waals surface area contributed by atoms with Crippen molar-refractivity contribution in [1.82, 2.24) is 24.5 Å². The second-order valence-electron chi connectivity index (χ2n) is 7.87. The highest BCUT2D eigenvalue weighted by Gasteiger charge is 2.41. The molecule has 0 radical (unpaired) electrons. The molecule has 6 rings (SSSR count). The quantitative estimate of drug-likeness (QED) is 0.511. The average Bonchev–Trinajstić information content (AvgIpc) is 3.45. The van der Waals surface area contributed by atoms with E-state index in [0.29, 0.717) is 29.0 Å². The second kappa shape index (κ2) is 5.45. The lowest BCUT2D eigenvalue weighted by Gasteiger charge is -2.26. The maximum absolute atomic E-state index is 6.59. The molecule has 0 aliphatic heterocycles. The Balaban J connectivity index is 1.59. The number of aromatic nitrogens is 5. The maximum atomic E-state index is 6.59. The number of nitrogen functional groups attached to an aromatic ring is 1. The van der Waals surface area contributed by atoms with Crippen molar-refractivity contribution in [2.45, 2.75) is 31.7 Å². The molecule has 3 heterocycles. The molecule has 0 spiro atoms. The van der Waals surface area contributed by atoms with Crippen LogP contribution in [0.2, 0.25) is 0 Å². The van der Waals surface area contributed by atoms with Crippen LogP contribution in [0.3, 0.4) is 0 Å². The summed E-state index contributed by atoms with van der Waals surface area (Å²) < 4.78 is 2.16. The van der Waals surface area contributed by atoms with Gasteiger partial charge in [-0.05, 0) is 55.4 Å². The SMILES string of the molecule is Nc1c2[nH]cnc2nc(=Nc2ccc3[nH]ccc3c2)n1C1CC2CCC1C2. The number of nitrogens with two attached hydrogens (primary N) is 1. The molecule has 4 aromatic rings. The van der Waals surface area contributed by atoms with Crippen molar-refractivity contribution in [3.63, 3.8) is 0 Å². The molecule has 7 heteroatoms. The first-order chi connectivity index (χ1) is 13.3. The van der Waals surface area contributed by atoms with Gasteiger partial charge in [0.05, 0.1) is 12.0 Å². The topological polar surface area (TPSA) is 101 Å². The number of aromatic amines is 2. The van der Waals surface area contributed by atoms with Crippen LogP contribution in [-0.2, 0) is 0 Å². The first-order valence-electron chi connectivity index (χ1n) is 9.59. The van der Waals surface area contributed by atoms with Gasteiger partial charge in [0.25, 0.3) is 0 Å². The third kappa shape index (κ3) is 2.24. The molecule has 3 aromatic heterocycles. The molecule has 2 saturated carbocycles. The number of H-pyrrole nitrogens is 2. The molecule has 0 saturated heterocycles. The Hall–Kier alpha value is -3.09. The highest BCUT2D eigenvalue weighted by atomic mass is 15.2. The van der Waals surface area contributed by atoms with Crippen LogP contribution in [0.5, 0.6) is 0 Å². The zero-order valence-electron chi connectivity index (χ0n) is 14.9. The van der Waals surface area contributed by atoms with Gasteiger partial charge in [-0.2, -0.15) is 4.98 Å². The molecule has 3 unspecified atom stereocenters. The van der Waals surface area contributed by atoms with E-state index in [9.17, 15) is 0 Å². The Morgan fingerprint density at radius 1 is 1.15 bits per heavy atom. The standard InChI is InChI=1S/C20H21N7/c21-18-17-19(24-10-23-17)26-20(27(18)16-8-11-1-2-13(16)7-11)25-14-3-4-15-12(9-14)5-6-22-15/h3-6,9-11,13,16,22H,1-2,7-8,21H2,(H,23,24,25,26). The monoisotopic (exact) mass is 359 g/mol. The first kappa shape index (κ1) is 15.0. The number of hydrogen-bond donors (Lipinski definition) is 3. The van der Waals surface area contributed by atoms with Gasteiger partial charge in [-0.3, -0.25) is 4.57 Å². The van der Waals surface area contributed by atoms with E-state index in [2.05, 4.69) is 31.7 Å². The lowest BCUT2D eigenvalue weighted by Crippen LogP contribution is -2.33. The van der Waals surface area contributed by atoms with Crippen molar-refractivity contribution < 1.29 is 0 Å². The van der Waals surface area contributed by atoms with Crippen LogP contribution in [0.15, 0.2) is 41.8 Å². The number of anilines is 1. The van der Waals surface area contributed by atoms with Gasteiger partial charge < -0.3 is 15.7 Å². The molecule has 3 atom stereocenters. The minimum absolute atomic E-state index is 0.374. The molecule has 2 aliphatic carbocycles. The lowest BCUT2D eigenvalue weighted by molar-refractivity contribution is 0.322. The van der Waals surface area contributed by atoms with Gasteiger partial charge in [-0.1, -0.05) is 6.42 Å². The molecule has 4 N–H and O–H groups in total. The summed E-state index contributed by atoms with van der Waals surface area (Å²) in [5.74, 6) is 2.18. The van der Waals surface area contributed by atoms with Gasteiger partial charge in [0.2, 0.25) is 5.62 Å². The Morgan fingerprint density at radius 3 is 2.96 bits per heavy atom. The fourth-order valence-corrected chi connectivity index (χ4v) is 5.10. The summed E-state index contributed by atoms with van der Waals surface area (Å²) in [5.41, 5.74) is 10.6. The zero-order chi connectivity index (χ0) is 18.0. The number of rotatable bonds is 2. The van der Waals surface area contributed by atoms with Crippen LogP contribution in [0, 0.1) is 11.8 Å². The Bertz CT molecular complexity index is 1230. The van der Waals surface area contributed by atoms with E-state index in [1.807, 2.05) is 18.3 Å². The van der Waals surface area contributed by atoms with Crippen LogP contribution in [-0.4, -0.2) is 24.5 Å². The summed E-state index contributed by atoms with van der Waals surface area (Å²) in [6.45, 7) is 0. The normalized spacial score (nSPS) is 25.2. The highest BCUT2D eigenvalue weighted by molar-refractivity contribution is 5.82. The number of hydrogen-bond acceptors (Lipinski definition) is 4. The Labute approximate surface area is 155 Å². The van der Waals surface area contributed by atoms with Crippen molar-refractivity contribution in [3.8, 4) is 0 Å². The van der Waals surface area contributed by atoms with Crippen molar-refractivity contribution in [2.75, 3.05) is 5.73 Å². The van der Waals surface area contributed by atoms with Gasteiger partial charge in [0.1, 0.15) is 11.3 Å². The third-order valence-electron chi connectivity index (χ3n) is 6.35. The predicted molar refractivity (Wildman–Crippen MR) is 104 cm³/mol. The van der Waals surface area contributed by atoms with Crippen molar-refractivity contribution in [2.24, 2.45) is 16.8 Å². The van der Waals surface area contributed by atoms with Crippen molar-refractivity contribution >= 4 is 33.6 Å². The summed E-state index contributed by atoms with van der Waals surface area (Å²) >= 11 is 0. The molecule has 1 aromatic carbocycles. The van der Waals surface area contributed by atoms with Crippen molar-refractivity contribution in [1.29, 1.82) is 0 Å². The van der Waals surface area contributed by atoms with Gasteiger partial charge in [0, 0.05) is 23.1 Å². The fourth-order valence-electron chi connectivity index (χ4n) is 5.10. The summed E-state index contributed by atoms with van der Waals surface area (Å²) in [7, 11) is 0. The van der Waals surface area contributed by atoms with Crippen LogP contribution in [0.1, 0.15) is 31.7 Å².